The molecule has 0 bridgehead atoms. The van der Waals surface area contributed by atoms with E-state index < -0.39 is 0 Å². The molecule has 0 amide bonds. The van der Waals surface area contributed by atoms with Crippen molar-refractivity contribution in [1.29, 1.82) is 0 Å². The van der Waals surface area contributed by atoms with Crippen LogP contribution in [0, 0.1) is 0 Å². The first-order valence-corrected chi connectivity index (χ1v) is 13.5. The Bertz CT molecular complexity index is 981. The third-order valence-electron chi connectivity index (χ3n) is 7.62. The van der Waals surface area contributed by atoms with Crippen molar-refractivity contribution >= 4 is 21.8 Å². The number of rotatable bonds is 10. The second-order valence-corrected chi connectivity index (χ2v) is 10.1. The van der Waals surface area contributed by atoms with Gasteiger partial charge in [0.15, 0.2) is 0 Å². The van der Waals surface area contributed by atoms with Gasteiger partial charge in [-0.05, 0) is 101 Å². The topological polar surface area (TPSA) is 29.9 Å². The molecule has 0 spiro atoms. The molecule has 0 aliphatic carbocycles. The van der Waals surface area contributed by atoms with Gasteiger partial charge in [-0.3, -0.25) is 0 Å². The van der Waals surface area contributed by atoms with Crippen molar-refractivity contribution < 1.29 is 9.47 Å². The summed E-state index contributed by atoms with van der Waals surface area (Å²) in [5.41, 5.74) is 2.47. The van der Waals surface area contributed by atoms with Gasteiger partial charge in [0.25, 0.3) is 0 Å². The smallest absolute Gasteiger partial charge is 0.120 e. The molecule has 3 heterocycles. The van der Waals surface area contributed by atoms with Gasteiger partial charge in [-0.1, -0.05) is 12.8 Å². The molecule has 2 aliphatic heterocycles. The normalized spacial score (nSPS) is 18.0. The number of likely N-dealkylation sites (tertiary alicyclic amines) is 2. The summed E-state index contributed by atoms with van der Waals surface area (Å²) in [6, 6.07) is 13.0. The first-order valence-electron chi connectivity index (χ1n) is 13.5. The minimum absolute atomic E-state index is 0.776. The van der Waals surface area contributed by atoms with Crippen LogP contribution in [0.25, 0.3) is 21.8 Å². The van der Waals surface area contributed by atoms with Crippen LogP contribution < -0.4 is 9.47 Å². The molecule has 5 heteroatoms. The Morgan fingerprint density at radius 2 is 1.06 bits per heavy atom. The summed E-state index contributed by atoms with van der Waals surface area (Å²) in [6.07, 6.45) is 10.4. The van der Waals surface area contributed by atoms with Crippen LogP contribution in [-0.2, 0) is 7.05 Å². The third kappa shape index (κ3) is 5.69. The number of aryl methyl sites for hydroxylation is 1. The van der Waals surface area contributed by atoms with Gasteiger partial charge in [0, 0.05) is 41.9 Å². The Hall–Kier alpha value is -2.24. The van der Waals surface area contributed by atoms with Gasteiger partial charge in [-0.25, -0.2) is 0 Å². The summed E-state index contributed by atoms with van der Waals surface area (Å²) >= 11 is 0. The third-order valence-corrected chi connectivity index (χ3v) is 7.62. The van der Waals surface area contributed by atoms with Crippen molar-refractivity contribution in [1.82, 2.24) is 14.4 Å². The molecule has 34 heavy (non-hydrogen) atoms. The van der Waals surface area contributed by atoms with Crippen LogP contribution in [0.2, 0.25) is 0 Å². The molecule has 5 nitrogen and oxygen atoms in total. The van der Waals surface area contributed by atoms with E-state index in [0.29, 0.717) is 0 Å². The summed E-state index contributed by atoms with van der Waals surface area (Å²) in [5, 5.41) is 2.48. The van der Waals surface area contributed by atoms with Crippen molar-refractivity contribution in [3.63, 3.8) is 0 Å². The molecule has 0 radical (unpaired) electrons. The highest BCUT2D eigenvalue weighted by Crippen LogP contribution is 2.33. The van der Waals surface area contributed by atoms with E-state index >= 15 is 0 Å². The van der Waals surface area contributed by atoms with Crippen molar-refractivity contribution in [2.75, 3.05) is 52.5 Å². The number of nitrogens with zero attached hydrogens (tertiary/aromatic N) is 3. The lowest BCUT2D eigenvalue weighted by Crippen LogP contribution is -2.31. The Labute approximate surface area is 204 Å². The highest BCUT2D eigenvalue weighted by atomic mass is 16.5. The van der Waals surface area contributed by atoms with E-state index in [0.717, 1.165) is 50.6 Å². The maximum absolute atomic E-state index is 6.16. The molecular formula is C29H41N3O2. The van der Waals surface area contributed by atoms with E-state index in [1.807, 2.05) is 0 Å². The highest BCUT2D eigenvalue weighted by molar-refractivity contribution is 6.08. The summed E-state index contributed by atoms with van der Waals surface area (Å²) in [5.74, 6) is 1.93. The molecule has 2 saturated heterocycles. The van der Waals surface area contributed by atoms with Crippen molar-refractivity contribution in [3.8, 4) is 11.5 Å². The lowest BCUT2D eigenvalue weighted by Gasteiger charge is -2.26. The first kappa shape index (κ1) is 23.5. The second kappa shape index (κ2) is 11.5. The van der Waals surface area contributed by atoms with Crippen LogP contribution in [0.4, 0.5) is 0 Å². The van der Waals surface area contributed by atoms with Crippen LogP contribution in [-0.4, -0.2) is 66.8 Å². The van der Waals surface area contributed by atoms with Crippen LogP contribution in [0.1, 0.15) is 51.4 Å². The Kier molecular flexibility index (Phi) is 7.92. The molecular weight excluding hydrogens is 422 g/mol. The number of hydrogen-bond acceptors (Lipinski definition) is 4. The van der Waals surface area contributed by atoms with Gasteiger partial charge >= 0.3 is 0 Å². The fourth-order valence-electron chi connectivity index (χ4n) is 5.68. The lowest BCUT2D eigenvalue weighted by atomic mass is 10.1. The average Bonchev–Trinajstić information content (AvgIpc) is 3.16. The molecule has 2 fully saturated rings. The van der Waals surface area contributed by atoms with Crippen LogP contribution in [0.5, 0.6) is 11.5 Å². The number of benzene rings is 2. The number of hydrogen-bond donors (Lipinski definition) is 0. The Balaban J connectivity index is 1.20. The molecule has 0 unspecified atom stereocenters. The van der Waals surface area contributed by atoms with Crippen LogP contribution in [0.3, 0.4) is 0 Å². The predicted molar refractivity (Wildman–Crippen MR) is 141 cm³/mol. The summed E-state index contributed by atoms with van der Waals surface area (Å²) in [4.78, 5) is 5.16. The molecule has 5 rings (SSSR count). The van der Waals surface area contributed by atoms with E-state index in [1.165, 1.54) is 86.5 Å². The summed E-state index contributed by atoms with van der Waals surface area (Å²) in [6.45, 7) is 8.87. The van der Waals surface area contributed by atoms with Gasteiger partial charge in [-0.15, -0.1) is 0 Å². The zero-order valence-corrected chi connectivity index (χ0v) is 20.9. The molecule has 3 aromatic rings. The van der Waals surface area contributed by atoms with Crippen LogP contribution >= 0.6 is 0 Å². The quantitative estimate of drug-likeness (QED) is 0.353. The minimum atomic E-state index is 0.776. The van der Waals surface area contributed by atoms with Gasteiger partial charge in [0.1, 0.15) is 11.5 Å². The van der Waals surface area contributed by atoms with E-state index in [4.69, 9.17) is 9.47 Å². The summed E-state index contributed by atoms with van der Waals surface area (Å²) in [7, 11) is 2.14. The Morgan fingerprint density at radius 1 is 0.618 bits per heavy atom. The van der Waals surface area contributed by atoms with Gasteiger partial charge < -0.3 is 23.8 Å². The SMILES string of the molecule is Cn1c2ccc(OCCCN3CCCCC3)cc2c2cc(OCCCN3CCCCC3)ccc21. The van der Waals surface area contributed by atoms with Gasteiger partial charge in [0.05, 0.1) is 13.2 Å². The second-order valence-electron chi connectivity index (χ2n) is 10.1. The maximum Gasteiger partial charge on any atom is 0.120 e. The van der Waals surface area contributed by atoms with Crippen LogP contribution in [0.15, 0.2) is 36.4 Å². The monoisotopic (exact) mass is 463 g/mol. The molecule has 2 aliphatic rings. The zero-order valence-electron chi connectivity index (χ0n) is 20.9. The molecule has 1 aromatic heterocycles. The number of fused-ring (bicyclic) bond motifs is 3. The molecule has 0 N–H and O–H groups in total. The van der Waals surface area contributed by atoms with E-state index in [2.05, 4.69) is 57.8 Å². The fraction of sp³-hybridized carbons (Fsp3) is 0.586. The number of ether oxygens (including phenoxy) is 2. The van der Waals surface area contributed by atoms with Gasteiger partial charge in [0.2, 0.25) is 0 Å². The largest absolute Gasteiger partial charge is 0.494 e. The highest BCUT2D eigenvalue weighted by Gasteiger charge is 2.13. The van der Waals surface area contributed by atoms with Crippen molar-refractivity contribution in [2.24, 2.45) is 7.05 Å². The summed E-state index contributed by atoms with van der Waals surface area (Å²) < 4.78 is 14.6. The molecule has 184 valence electrons. The molecule has 0 atom stereocenters. The Morgan fingerprint density at radius 3 is 1.50 bits per heavy atom. The van der Waals surface area contributed by atoms with Crippen molar-refractivity contribution in [2.45, 2.75) is 51.4 Å². The van der Waals surface area contributed by atoms with E-state index in [1.54, 1.807) is 0 Å². The predicted octanol–water partition coefficient (Wildman–Crippen LogP) is 5.84. The van der Waals surface area contributed by atoms with Crippen molar-refractivity contribution in [3.05, 3.63) is 36.4 Å². The van der Waals surface area contributed by atoms with Gasteiger partial charge in [-0.2, -0.15) is 0 Å². The number of piperidine rings is 2. The number of aromatic nitrogens is 1. The molecule has 2 aromatic carbocycles. The van der Waals surface area contributed by atoms with E-state index in [-0.39, 0.29) is 0 Å². The lowest BCUT2D eigenvalue weighted by molar-refractivity contribution is 0.205. The standard InChI is InChI=1S/C29H41N3O2/c1-30-28-12-10-24(33-20-8-18-31-14-4-2-5-15-31)22-26(28)27-23-25(11-13-29(27)30)34-21-9-19-32-16-6-3-7-17-32/h10-13,22-23H,2-9,14-21H2,1H3. The zero-order chi connectivity index (χ0) is 23.2. The first-order chi connectivity index (χ1) is 16.8. The fourth-order valence-corrected chi connectivity index (χ4v) is 5.68. The molecule has 0 saturated carbocycles. The van der Waals surface area contributed by atoms with E-state index in [9.17, 15) is 0 Å². The maximum atomic E-state index is 6.16. The minimum Gasteiger partial charge on any atom is -0.494 e. The average molecular weight is 464 g/mol.